The second kappa shape index (κ2) is 7.70. The Morgan fingerprint density at radius 2 is 1.88 bits per heavy atom. The fourth-order valence-electron chi connectivity index (χ4n) is 2.61. The fourth-order valence-corrected chi connectivity index (χ4v) is 3.41. The summed E-state index contributed by atoms with van der Waals surface area (Å²) in [7, 11) is 0. The van der Waals surface area contributed by atoms with Crippen molar-refractivity contribution in [2.45, 2.75) is 38.1 Å². The normalized spacial score (nSPS) is 12.0. The number of benzene rings is 2. The molecule has 6 nitrogen and oxygen atoms in total. The quantitative estimate of drug-likeness (QED) is 0.696. The van der Waals surface area contributed by atoms with Crippen LogP contribution in [0.4, 0.5) is 5.69 Å². The number of hydrogen-bond acceptors (Lipinski definition) is 5. The van der Waals surface area contributed by atoms with Gasteiger partial charge in [0.1, 0.15) is 0 Å². The molecule has 1 N–H and O–H groups in total. The van der Waals surface area contributed by atoms with Crippen molar-refractivity contribution in [3.8, 4) is 5.69 Å². The van der Waals surface area contributed by atoms with Crippen LogP contribution in [0.1, 0.15) is 23.6 Å². The van der Waals surface area contributed by atoms with Gasteiger partial charge in [0.2, 0.25) is 11.1 Å². The number of rotatable bonds is 5. The van der Waals surface area contributed by atoms with Gasteiger partial charge in [-0.1, -0.05) is 47.7 Å². The van der Waals surface area contributed by atoms with Crippen LogP contribution >= 0.6 is 11.8 Å². The smallest absolute Gasteiger partial charge is 0.237 e. The van der Waals surface area contributed by atoms with Crippen LogP contribution < -0.4 is 5.32 Å². The highest BCUT2D eigenvalue weighted by Gasteiger charge is 2.20. The number of nitrogens with one attached hydrogen (secondary N) is 1. The molecule has 26 heavy (non-hydrogen) atoms. The Bertz CT molecular complexity index is 937. The predicted octanol–water partition coefficient (Wildman–Crippen LogP) is 3.71. The maximum Gasteiger partial charge on any atom is 0.237 e. The Labute approximate surface area is 157 Å². The third kappa shape index (κ3) is 3.94. The summed E-state index contributed by atoms with van der Waals surface area (Å²) in [5, 5.41) is 15.2. The summed E-state index contributed by atoms with van der Waals surface area (Å²) < 4.78 is 1.68. The molecule has 3 rings (SSSR count). The summed E-state index contributed by atoms with van der Waals surface area (Å²) in [4.78, 5) is 12.5. The number of carbonyl (C=O) groups is 1. The van der Waals surface area contributed by atoms with E-state index in [0.29, 0.717) is 5.16 Å². The number of thioether (sulfide) groups is 1. The lowest BCUT2D eigenvalue weighted by Crippen LogP contribution is -2.23. The molecule has 1 amide bonds. The highest BCUT2D eigenvalue weighted by molar-refractivity contribution is 8.00. The number of aromatic nitrogens is 4. The van der Waals surface area contributed by atoms with E-state index in [-0.39, 0.29) is 11.2 Å². The summed E-state index contributed by atoms with van der Waals surface area (Å²) in [6.07, 6.45) is 0. The molecule has 2 aromatic carbocycles. The summed E-state index contributed by atoms with van der Waals surface area (Å²) in [6, 6.07) is 13.8. The van der Waals surface area contributed by atoms with Crippen molar-refractivity contribution < 1.29 is 4.79 Å². The minimum absolute atomic E-state index is 0.0838. The van der Waals surface area contributed by atoms with Gasteiger partial charge in [0.25, 0.3) is 0 Å². The first-order valence-electron chi connectivity index (χ1n) is 8.35. The van der Waals surface area contributed by atoms with E-state index in [1.54, 1.807) is 4.68 Å². The number of anilines is 1. The largest absolute Gasteiger partial charge is 0.325 e. The Morgan fingerprint density at radius 3 is 2.62 bits per heavy atom. The van der Waals surface area contributed by atoms with Crippen molar-refractivity contribution in [2.24, 2.45) is 0 Å². The maximum absolute atomic E-state index is 12.5. The first-order valence-corrected chi connectivity index (χ1v) is 9.23. The molecule has 7 heteroatoms. The van der Waals surface area contributed by atoms with E-state index in [1.165, 1.54) is 17.3 Å². The average molecular weight is 367 g/mol. The van der Waals surface area contributed by atoms with Crippen molar-refractivity contribution in [3.63, 3.8) is 0 Å². The predicted molar refractivity (Wildman–Crippen MR) is 104 cm³/mol. The second-order valence-electron chi connectivity index (χ2n) is 6.23. The SMILES string of the molecule is Cc1ccc(-n2nnnc2SC(C)C(=O)Nc2ccccc2C)c(C)c1. The molecule has 1 unspecified atom stereocenters. The average Bonchev–Trinajstić information content (AvgIpc) is 3.04. The standard InChI is InChI=1S/C19H21N5OS/c1-12-9-10-17(14(3)11-12)24-19(21-22-23-24)26-15(4)18(25)20-16-8-6-5-7-13(16)2/h5-11,15H,1-4H3,(H,20,25). The molecule has 1 heterocycles. The van der Waals surface area contributed by atoms with Gasteiger partial charge < -0.3 is 5.32 Å². The van der Waals surface area contributed by atoms with E-state index in [1.807, 2.05) is 64.1 Å². The number of carbonyl (C=O) groups excluding carboxylic acids is 1. The van der Waals surface area contributed by atoms with Crippen molar-refractivity contribution in [3.05, 3.63) is 59.2 Å². The first kappa shape index (κ1) is 18.1. The summed E-state index contributed by atoms with van der Waals surface area (Å²) in [5.74, 6) is -0.0838. The van der Waals surface area contributed by atoms with Gasteiger partial charge in [0, 0.05) is 5.69 Å². The van der Waals surface area contributed by atoms with Gasteiger partial charge in [-0.05, 0) is 61.4 Å². The van der Waals surface area contributed by atoms with Crippen LogP contribution in [0.2, 0.25) is 0 Å². The zero-order chi connectivity index (χ0) is 18.7. The molecular weight excluding hydrogens is 346 g/mol. The van der Waals surface area contributed by atoms with Crippen LogP contribution in [0.15, 0.2) is 47.6 Å². The van der Waals surface area contributed by atoms with Crippen molar-refractivity contribution in [2.75, 3.05) is 5.32 Å². The fraction of sp³-hybridized carbons (Fsp3) is 0.263. The van der Waals surface area contributed by atoms with Crippen molar-refractivity contribution in [1.82, 2.24) is 20.2 Å². The summed E-state index contributed by atoms with van der Waals surface area (Å²) >= 11 is 1.33. The van der Waals surface area contributed by atoms with Crippen molar-refractivity contribution in [1.29, 1.82) is 0 Å². The van der Waals surface area contributed by atoms with Gasteiger partial charge >= 0.3 is 0 Å². The number of nitrogens with zero attached hydrogens (tertiary/aromatic N) is 4. The molecule has 0 fully saturated rings. The minimum atomic E-state index is -0.342. The van der Waals surface area contributed by atoms with Crippen LogP contribution in [0.3, 0.4) is 0 Å². The molecule has 3 aromatic rings. The number of tetrazole rings is 1. The van der Waals surface area contributed by atoms with E-state index in [9.17, 15) is 4.79 Å². The summed E-state index contributed by atoms with van der Waals surface area (Å²) in [6.45, 7) is 7.88. The number of amides is 1. The Morgan fingerprint density at radius 1 is 1.12 bits per heavy atom. The molecule has 0 spiro atoms. The number of hydrogen-bond donors (Lipinski definition) is 1. The third-order valence-corrected chi connectivity index (χ3v) is 5.11. The van der Waals surface area contributed by atoms with Gasteiger partial charge in [-0.2, -0.15) is 4.68 Å². The van der Waals surface area contributed by atoms with Crippen LogP contribution in [-0.4, -0.2) is 31.4 Å². The molecule has 1 aromatic heterocycles. The van der Waals surface area contributed by atoms with E-state index >= 15 is 0 Å². The molecule has 134 valence electrons. The van der Waals surface area contributed by atoms with E-state index in [4.69, 9.17) is 0 Å². The molecule has 0 bridgehead atoms. The lowest BCUT2D eigenvalue weighted by atomic mass is 10.1. The van der Waals surface area contributed by atoms with E-state index in [0.717, 1.165) is 22.5 Å². The van der Waals surface area contributed by atoms with Crippen LogP contribution in [0.5, 0.6) is 0 Å². The third-order valence-electron chi connectivity index (χ3n) is 4.08. The van der Waals surface area contributed by atoms with Crippen molar-refractivity contribution >= 4 is 23.4 Å². The zero-order valence-corrected chi connectivity index (χ0v) is 16.0. The molecule has 0 radical (unpaired) electrons. The Kier molecular flexibility index (Phi) is 5.37. The van der Waals surface area contributed by atoms with Gasteiger partial charge in [-0.3, -0.25) is 4.79 Å². The molecule has 0 aliphatic rings. The van der Waals surface area contributed by atoms with E-state index < -0.39 is 0 Å². The van der Waals surface area contributed by atoms with Crippen LogP contribution in [-0.2, 0) is 4.79 Å². The van der Waals surface area contributed by atoms with E-state index in [2.05, 4.69) is 26.9 Å². The second-order valence-corrected chi connectivity index (χ2v) is 7.54. The number of aryl methyl sites for hydroxylation is 3. The van der Waals surface area contributed by atoms with Crippen LogP contribution in [0.25, 0.3) is 5.69 Å². The lowest BCUT2D eigenvalue weighted by Gasteiger charge is -2.13. The molecule has 0 aliphatic carbocycles. The molecule has 0 saturated carbocycles. The Hall–Kier alpha value is -2.67. The van der Waals surface area contributed by atoms with Gasteiger partial charge in [-0.25, -0.2) is 0 Å². The Balaban J connectivity index is 1.76. The topological polar surface area (TPSA) is 72.7 Å². The highest BCUT2D eigenvalue weighted by Crippen LogP contribution is 2.26. The van der Waals surface area contributed by atoms with Gasteiger partial charge in [0.15, 0.2) is 0 Å². The highest BCUT2D eigenvalue weighted by atomic mass is 32.2. The minimum Gasteiger partial charge on any atom is -0.325 e. The molecular formula is C19H21N5OS. The zero-order valence-electron chi connectivity index (χ0n) is 15.2. The monoisotopic (exact) mass is 367 g/mol. The van der Waals surface area contributed by atoms with Crippen LogP contribution in [0, 0.1) is 20.8 Å². The van der Waals surface area contributed by atoms with Gasteiger partial charge in [-0.15, -0.1) is 5.10 Å². The first-order chi connectivity index (χ1) is 12.5. The lowest BCUT2D eigenvalue weighted by molar-refractivity contribution is -0.115. The maximum atomic E-state index is 12.5. The van der Waals surface area contributed by atoms with Gasteiger partial charge in [0.05, 0.1) is 10.9 Å². The molecule has 1 atom stereocenters. The molecule has 0 saturated heterocycles. The molecule has 0 aliphatic heterocycles. The number of para-hydroxylation sites is 1. The summed E-state index contributed by atoms with van der Waals surface area (Å²) in [5.41, 5.74) is 5.02.